The first-order valence-corrected chi connectivity index (χ1v) is 8.30. The van der Waals surface area contributed by atoms with Crippen molar-refractivity contribution in [3.05, 3.63) is 42.2 Å². The van der Waals surface area contributed by atoms with Gasteiger partial charge in [0.05, 0.1) is 17.7 Å². The maximum Gasteiger partial charge on any atom is 0.240 e. The van der Waals surface area contributed by atoms with Crippen LogP contribution in [0, 0.1) is 18.3 Å². The highest BCUT2D eigenvalue weighted by Gasteiger charge is 2.23. The van der Waals surface area contributed by atoms with Crippen LogP contribution in [0.2, 0.25) is 0 Å². The maximum absolute atomic E-state index is 12.8. The molecule has 0 saturated heterocycles. The van der Waals surface area contributed by atoms with E-state index in [1.165, 1.54) is 11.8 Å². The van der Waals surface area contributed by atoms with Gasteiger partial charge in [-0.2, -0.15) is 5.26 Å². The number of rotatable bonds is 6. The predicted octanol–water partition coefficient (Wildman–Crippen LogP) is 3.16. The number of nitriles is 1. The molecule has 5 nitrogen and oxygen atoms in total. The molecule has 1 atom stereocenters. The van der Waals surface area contributed by atoms with Gasteiger partial charge in [-0.25, -0.2) is 4.98 Å². The van der Waals surface area contributed by atoms with Gasteiger partial charge in [0.2, 0.25) is 5.91 Å². The minimum absolute atomic E-state index is 0.0166. The molecule has 0 saturated carbocycles. The van der Waals surface area contributed by atoms with Gasteiger partial charge in [-0.05, 0) is 26.0 Å². The third kappa shape index (κ3) is 4.36. The summed E-state index contributed by atoms with van der Waals surface area (Å²) in [4.78, 5) is 18.8. The van der Waals surface area contributed by atoms with Gasteiger partial charge in [0, 0.05) is 31.7 Å². The lowest BCUT2D eigenvalue weighted by molar-refractivity contribution is -0.117. The van der Waals surface area contributed by atoms with Crippen LogP contribution in [-0.4, -0.2) is 27.3 Å². The maximum atomic E-state index is 12.8. The number of amides is 1. The molecular formula is C17H20N4OS. The summed E-state index contributed by atoms with van der Waals surface area (Å²) < 4.78 is 1.89. The number of thioether (sulfide) groups is 1. The second-order valence-corrected chi connectivity index (χ2v) is 6.62. The lowest BCUT2D eigenvalue weighted by Gasteiger charge is -2.25. The molecule has 2 rings (SSSR count). The third-order valence-electron chi connectivity index (χ3n) is 3.47. The molecule has 0 fully saturated rings. The minimum Gasteiger partial charge on any atom is -0.329 e. The lowest BCUT2D eigenvalue weighted by Crippen LogP contribution is -2.37. The van der Waals surface area contributed by atoms with E-state index < -0.39 is 0 Å². The number of carbonyl (C=O) groups excluding carboxylic acids is 1. The summed E-state index contributed by atoms with van der Waals surface area (Å²) in [5, 5.41) is 9.38. The Kier molecular flexibility index (Phi) is 5.83. The van der Waals surface area contributed by atoms with Crippen molar-refractivity contribution < 1.29 is 4.79 Å². The average Bonchev–Trinajstić information content (AvgIpc) is 2.94. The van der Waals surface area contributed by atoms with E-state index in [1.807, 2.05) is 55.9 Å². The molecule has 0 radical (unpaired) electrons. The molecule has 0 N–H and O–H groups in total. The Morgan fingerprint density at radius 2 is 2.13 bits per heavy atom. The van der Waals surface area contributed by atoms with Crippen LogP contribution in [0.5, 0.6) is 0 Å². The van der Waals surface area contributed by atoms with Gasteiger partial charge in [0.25, 0.3) is 0 Å². The second-order valence-electron chi connectivity index (χ2n) is 5.31. The fourth-order valence-corrected chi connectivity index (χ4v) is 3.04. The molecule has 6 heteroatoms. The molecule has 23 heavy (non-hydrogen) atoms. The van der Waals surface area contributed by atoms with Crippen molar-refractivity contribution in [2.24, 2.45) is 7.05 Å². The number of anilines is 1. The summed E-state index contributed by atoms with van der Waals surface area (Å²) in [5.74, 6) is -0.0166. The summed E-state index contributed by atoms with van der Waals surface area (Å²) >= 11 is 1.42. The number of aromatic nitrogens is 2. The van der Waals surface area contributed by atoms with Gasteiger partial charge >= 0.3 is 0 Å². The van der Waals surface area contributed by atoms with Crippen LogP contribution in [0.15, 0.2) is 41.8 Å². The lowest BCUT2D eigenvalue weighted by atomic mass is 10.2. The van der Waals surface area contributed by atoms with E-state index in [2.05, 4.69) is 11.1 Å². The number of nitrogens with zero attached hydrogens (tertiary/aromatic N) is 4. The Bertz CT molecular complexity index is 702. The van der Waals surface area contributed by atoms with Gasteiger partial charge < -0.3 is 9.47 Å². The molecule has 0 aliphatic carbocycles. The number of aryl methyl sites for hydroxylation is 2. The van der Waals surface area contributed by atoms with Gasteiger partial charge in [-0.15, -0.1) is 0 Å². The Morgan fingerprint density at radius 1 is 1.43 bits per heavy atom. The number of benzene rings is 1. The highest BCUT2D eigenvalue weighted by Crippen LogP contribution is 2.25. The Hall–Kier alpha value is -2.26. The highest BCUT2D eigenvalue weighted by atomic mass is 32.2. The summed E-state index contributed by atoms with van der Waals surface area (Å²) in [7, 11) is 1.90. The Balaban J connectivity index is 2.17. The number of hydrogen-bond donors (Lipinski definition) is 0. The van der Waals surface area contributed by atoms with Crippen LogP contribution >= 0.6 is 11.8 Å². The Labute approximate surface area is 140 Å². The molecule has 2 aromatic rings. The van der Waals surface area contributed by atoms with E-state index in [9.17, 15) is 4.79 Å². The first-order valence-electron chi connectivity index (χ1n) is 7.42. The standard InChI is InChI=1S/C17H20N4OS/c1-13-5-7-15(8-6-13)21(11-4-9-18)16(22)14(2)23-17-19-10-12-20(17)3/h5-8,10,12,14H,4,11H2,1-3H3. The molecule has 120 valence electrons. The highest BCUT2D eigenvalue weighted by molar-refractivity contribution is 8.00. The van der Waals surface area contributed by atoms with Crippen LogP contribution in [0.4, 0.5) is 5.69 Å². The molecule has 1 heterocycles. The fourth-order valence-electron chi connectivity index (χ4n) is 2.15. The zero-order valence-electron chi connectivity index (χ0n) is 13.6. The summed E-state index contributed by atoms with van der Waals surface area (Å²) in [5.41, 5.74) is 1.96. The van der Waals surface area contributed by atoms with Crippen LogP contribution in [-0.2, 0) is 11.8 Å². The molecule has 1 aromatic carbocycles. The SMILES string of the molecule is Cc1ccc(N(CCC#N)C(=O)C(C)Sc2nccn2C)cc1. The van der Waals surface area contributed by atoms with Crippen molar-refractivity contribution in [1.29, 1.82) is 5.26 Å². The van der Waals surface area contributed by atoms with Crippen LogP contribution in [0.3, 0.4) is 0 Å². The molecule has 0 aliphatic rings. The van der Waals surface area contributed by atoms with Crippen molar-refractivity contribution in [1.82, 2.24) is 9.55 Å². The van der Waals surface area contributed by atoms with Crippen LogP contribution in [0.1, 0.15) is 18.9 Å². The first kappa shape index (κ1) is 17.1. The van der Waals surface area contributed by atoms with Crippen molar-refractivity contribution in [2.45, 2.75) is 30.7 Å². The monoisotopic (exact) mass is 328 g/mol. The fraction of sp³-hybridized carbons (Fsp3) is 0.353. The number of imidazole rings is 1. The van der Waals surface area contributed by atoms with Gasteiger partial charge in [-0.1, -0.05) is 29.5 Å². The summed E-state index contributed by atoms with van der Waals surface area (Å²) in [6, 6.07) is 9.89. The molecule has 0 bridgehead atoms. The number of carbonyl (C=O) groups is 1. The van der Waals surface area contributed by atoms with E-state index in [1.54, 1.807) is 11.1 Å². The first-order chi connectivity index (χ1) is 11.0. The van der Waals surface area contributed by atoms with Gasteiger partial charge in [-0.3, -0.25) is 4.79 Å². The molecule has 0 aliphatic heterocycles. The molecule has 1 aromatic heterocycles. The predicted molar refractivity (Wildman–Crippen MR) is 92.3 cm³/mol. The van der Waals surface area contributed by atoms with E-state index in [0.717, 1.165) is 16.4 Å². The third-order valence-corrected chi connectivity index (χ3v) is 4.63. The topological polar surface area (TPSA) is 61.9 Å². The van der Waals surface area contributed by atoms with Crippen molar-refractivity contribution >= 4 is 23.4 Å². The van der Waals surface area contributed by atoms with E-state index in [0.29, 0.717) is 13.0 Å². The quantitative estimate of drug-likeness (QED) is 0.764. The average molecular weight is 328 g/mol. The normalized spacial score (nSPS) is 11.7. The summed E-state index contributed by atoms with van der Waals surface area (Å²) in [6.45, 7) is 4.27. The molecule has 1 unspecified atom stereocenters. The minimum atomic E-state index is -0.281. The van der Waals surface area contributed by atoms with E-state index in [-0.39, 0.29) is 11.2 Å². The van der Waals surface area contributed by atoms with Crippen LogP contribution < -0.4 is 4.90 Å². The van der Waals surface area contributed by atoms with Crippen LogP contribution in [0.25, 0.3) is 0 Å². The number of hydrogen-bond acceptors (Lipinski definition) is 4. The Morgan fingerprint density at radius 3 is 2.70 bits per heavy atom. The van der Waals surface area contributed by atoms with Gasteiger partial charge in [0.15, 0.2) is 5.16 Å². The van der Waals surface area contributed by atoms with E-state index in [4.69, 9.17) is 5.26 Å². The zero-order chi connectivity index (χ0) is 16.8. The van der Waals surface area contributed by atoms with Gasteiger partial charge in [0.1, 0.15) is 0 Å². The van der Waals surface area contributed by atoms with Crippen molar-refractivity contribution in [3.63, 3.8) is 0 Å². The van der Waals surface area contributed by atoms with E-state index >= 15 is 0 Å². The smallest absolute Gasteiger partial charge is 0.240 e. The van der Waals surface area contributed by atoms with Crippen molar-refractivity contribution in [3.8, 4) is 6.07 Å². The largest absolute Gasteiger partial charge is 0.329 e. The second kappa shape index (κ2) is 7.84. The molecule has 1 amide bonds. The zero-order valence-corrected chi connectivity index (χ0v) is 14.4. The molecule has 0 spiro atoms. The molecular weight excluding hydrogens is 308 g/mol. The summed E-state index contributed by atoms with van der Waals surface area (Å²) in [6.07, 6.45) is 3.87. The van der Waals surface area contributed by atoms with Crippen molar-refractivity contribution in [2.75, 3.05) is 11.4 Å².